The Morgan fingerprint density at radius 1 is 1.39 bits per heavy atom. The molecule has 1 aliphatic carbocycles. The molecule has 0 bridgehead atoms. The second-order valence-electron chi connectivity index (χ2n) is 5.94. The highest BCUT2D eigenvalue weighted by Crippen LogP contribution is 2.26. The van der Waals surface area contributed by atoms with E-state index in [1.165, 1.54) is 23.1 Å². The third-order valence-electron chi connectivity index (χ3n) is 4.24. The predicted octanol–water partition coefficient (Wildman–Crippen LogP) is 1.64. The van der Waals surface area contributed by atoms with Gasteiger partial charge in [-0.15, -0.1) is 5.10 Å². The lowest BCUT2D eigenvalue weighted by molar-refractivity contribution is 0.0688. The molecule has 6 nitrogen and oxygen atoms in total. The maximum Gasteiger partial charge on any atom is 0.275 e. The summed E-state index contributed by atoms with van der Waals surface area (Å²) >= 11 is 0. The van der Waals surface area contributed by atoms with Gasteiger partial charge in [0, 0.05) is 19.5 Å². The molecule has 0 radical (unpaired) electrons. The number of aliphatic hydroxyl groups is 1. The minimum atomic E-state index is -0.341. The number of nitrogens with zero attached hydrogens (tertiary/aromatic N) is 4. The molecule has 3 rings (SSSR count). The van der Waals surface area contributed by atoms with Crippen LogP contribution in [0.3, 0.4) is 0 Å². The molecule has 1 heterocycles. The molecule has 1 fully saturated rings. The molecular weight excluding hydrogens is 299 g/mol. The molecule has 0 saturated heterocycles. The molecule has 1 N–H and O–H groups in total. The lowest BCUT2D eigenvalue weighted by atomic mass is 10.1. The Labute approximate surface area is 133 Å². The quantitative estimate of drug-likeness (QED) is 0.930. The molecule has 122 valence electrons. The van der Waals surface area contributed by atoms with Crippen LogP contribution in [0.1, 0.15) is 29.8 Å². The normalized spacial score (nSPS) is 20.7. The lowest BCUT2D eigenvalue weighted by Gasteiger charge is -2.22. The van der Waals surface area contributed by atoms with Crippen LogP contribution in [0.5, 0.6) is 0 Å². The van der Waals surface area contributed by atoms with Crippen molar-refractivity contribution in [3.8, 4) is 5.69 Å². The van der Waals surface area contributed by atoms with Crippen molar-refractivity contribution in [2.24, 2.45) is 5.92 Å². The molecule has 1 amide bonds. The number of carbonyl (C=O) groups excluding carboxylic acids is 1. The monoisotopic (exact) mass is 318 g/mol. The molecule has 1 aromatic heterocycles. The molecule has 2 unspecified atom stereocenters. The van der Waals surface area contributed by atoms with Gasteiger partial charge >= 0.3 is 0 Å². The molecular formula is C16H19FN4O2. The zero-order valence-corrected chi connectivity index (χ0v) is 12.9. The van der Waals surface area contributed by atoms with Crippen molar-refractivity contribution >= 4 is 5.91 Å². The Balaban J connectivity index is 1.69. The van der Waals surface area contributed by atoms with Crippen LogP contribution >= 0.6 is 0 Å². The fraction of sp³-hybridized carbons (Fsp3) is 0.438. The van der Waals surface area contributed by atoms with Crippen LogP contribution in [0.4, 0.5) is 4.39 Å². The number of hydrogen-bond donors (Lipinski definition) is 1. The fourth-order valence-corrected chi connectivity index (χ4v) is 2.92. The van der Waals surface area contributed by atoms with Crippen molar-refractivity contribution in [1.82, 2.24) is 19.9 Å². The topological polar surface area (TPSA) is 71.2 Å². The first-order valence-corrected chi connectivity index (χ1v) is 7.66. The van der Waals surface area contributed by atoms with Crippen molar-refractivity contribution in [1.29, 1.82) is 0 Å². The summed E-state index contributed by atoms with van der Waals surface area (Å²) in [6.07, 6.45) is 3.79. The van der Waals surface area contributed by atoms with Gasteiger partial charge in [0.1, 0.15) is 5.82 Å². The number of benzene rings is 1. The van der Waals surface area contributed by atoms with Crippen LogP contribution in [-0.2, 0) is 0 Å². The Bertz CT molecular complexity index is 686. The molecule has 0 spiro atoms. The summed E-state index contributed by atoms with van der Waals surface area (Å²) in [5.74, 6) is -0.458. The van der Waals surface area contributed by atoms with Gasteiger partial charge in [-0.3, -0.25) is 4.79 Å². The van der Waals surface area contributed by atoms with E-state index in [2.05, 4.69) is 10.2 Å². The Morgan fingerprint density at radius 2 is 2.13 bits per heavy atom. The second kappa shape index (κ2) is 6.45. The van der Waals surface area contributed by atoms with Crippen LogP contribution in [0, 0.1) is 11.7 Å². The van der Waals surface area contributed by atoms with Gasteiger partial charge in [0.25, 0.3) is 5.91 Å². The van der Waals surface area contributed by atoms with Crippen molar-refractivity contribution in [2.45, 2.75) is 25.4 Å². The largest absolute Gasteiger partial charge is 0.393 e. The summed E-state index contributed by atoms with van der Waals surface area (Å²) in [6, 6.07) is 5.71. The first kappa shape index (κ1) is 15.6. The van der Waals surface area contributed by atoms with E-state index in [4.69, 9.17) is 0 Å². The number of aliphatic hydroxyl groups excluding tert-OH is 1. The highest BCUT2D eigenvalue weighted by Gasteiger charge is 2.28. The van der Waals surface area contributed by atoms with Crippen LogP contribution in [0.2, 0.25) is 0 Å². The van der Waals surface area contributed by atoms with Crippen LogP contribution in [0.25, 0.3) is 5.69 Å². The van der Waals surface area contributed by atoms with Gasteiger partial charge in [0.15, 0.2) is 5.69 Å². The molecule has 23 heavy (non-hydrogen) atoms. The lowest BCUT2D eigenvalue weighted by Crippen LogP contribution is -2.34. The van der Waals surface area contributed by atoms with Crippen molar-refractivity contribution < 1.29 is 14.3 Å². The zero-order valence-electron chi connectivity index (χ0n) is 12.9. The zero-order chi connectivity index (χ0) is 16.4. The molecule has 1 aliphatic rings. The number of halogens is 1. The van der Waals surface area contributed by atoms with E-state index in [1.807, 2.05) is 0 Å². The third-order valence-corrected chi connectivity index (χ3v) is 4.24. The first-order valence-electron chi connectivity index (χ1n) is 7.66. The number of rotatable bonds is 4. The standard InChI is InChI=1S/C16H19FN4O2/c1-20(10-11-3-2-4-15(11)22)16(23)14-9-18-21(19-14)13-7-5-12(17)6-8-13/h5-9,11,15,22H,2-4,10H2,1H3. The van der Waals surface area contributed by atoms with E-state index in [-0.39, 0.29) is 29.4 Å². The summed E-state index contributed by atoms with van der Waals surface area (Å²) in [7, 11) is 1.70. The van der Waals surface area contributed by atoms with Crippen molar-refractivity contribution in [2.75, 3.05) is 13.6 Å². The van der Waals surface area contributed by atoms with E-state index in [0.29, 0.717) is 12.2 Å². The SMILES string of the molecule is CN(CC1CCCC1O)C(=O)c1cnn(-c2ccc(F)cc2)n1. The minimum Gasteiger partial charge on any atom is -0.393 e. The predicted molar refractivity (Wildman–Crippen MR) is 81.6 cm³/mol. The van der Waals surface area contributed by atoms with Gasteiger partial charge in [0.2, 0.25) is 0 Å². The second-order valence-corrected chi connectivity index (χ2v) is 5.94. The average molecular weight is 318 g/mol. The summed E-state index contributed by atoms with van der Waals surface area (Å²) in [4.78, 5) is 15.3. The van der Waals surface area contributed by atoms with E-state index < -0.39 is 0 Å². The van der Waals surface area contributed by atoms with Gasteiger partial charge in [-0.1, -0.05) is 6.42 Å². The number of amides is 1. The highest BCUT2D eigenvalue weighted by molar-refractivity contribution is 5.91. The van der Waals surface area contributed by atoms with Crippen LogP contribution in [-0.4, -0.2) is 50.6 Å². The Kier molecular flexibility index (Phi) is 4.38. The molecule has 2 atom stereocenters. The smallest absolute Gasteiger partial charge is 0.275 e. The molecule has 1 aromatic carbocycles. The molecule has 7 heteroatoms. The van der Waals surface area contributed by atoms with E-state index in [9.17, 15) is 14.3 Å². The van der Waals surface area contributed by atoms with E-state index >= 15 is 0 Å². The summed E-state index contributed by atoms with van der Waals surface area (Å²) < 4.78 is 12.9. The number of carbonyl (C=O) groups is 1. The summed E-state index contributed by atoms with van der Waals surface area (Å²) in [6.45, 7) is 0.503. The van der Waals surface area contributed by atoms with E-state index in [0.717, 1.165) is 19.3 Å². The number of hydrogen-bond acceptors (Lipinski definition) is 4. The maximum absolute atomic E-state index is 12.9. The van der Waals surface area contributed by atoms with Crippen LogP contribution < -0.4 is 0 Å². The summed E-state index contributed by atoms with van der Waals surface area (Å²) in [5, 5.41) is 18.1. The fourth-order valence-electron chi connectivity index (χ4n) is 2.92. The highest BCUT2D eigenvalue weighted by atomic mass is 19.1. The average Bonchev–Trinajstić information content (AvgIpc) is 3.17. The van der Waals surface area contributed by atoms with Gasteiger partial charge in [-0.25, -0.2) is 4.39 Å². The molecule has 0 aliphatic heterocycles. The third kappa shape index (κ3) is 3.39. The molecule has 2 aromatic rings. The van der Waals surface area contributed by atoms with Crippen molar-refractivity contribution in [3.63, 3.8) is 0 Å². The van der Waals surface area contributed by atoms with Gasteiger partial charge in [0.05, 0.1) is 18.0 Å². The Hall–Kier alpha value is -2.28. The van der Waals surface area contributed by atoms with E-state index in [1.54, 1.807) is 24.1 Å². The number of aromatic nitrogens is 3. The van der Waals surface area contributed by atoms with Crippen molar-refractivity contribution in [3.05, 3.63) is 42.0 Å². The first-order chi connectivity index (χ1) is 11.0. The Morgan fingerprint density at radius 3 is 2.78 bits per heavy atom. The van der Waals surface area contributed by atoms with Gasteiger partial charge < -0.3 is 10.0 Å². The molecule has 1 saturated carbocycles. The van der Waals surface area contributed by atoms with Crippen LogP contribution in [0.15, 0.2) is 30.5 Å². The summed E-state index contributed by atoms with van der Waals surface area (Å²) in [5.41, 5.74) is 0.809. The van der Waals surface area contributed by atoms with Gasteiger partial charge in [-0.2, -0.15) is 9.90 Å². The maximum atomic E-state index is 12.9. The van der Waals surface area contributed by atoms with Gasteiger partial charge in [-0.05, 0) is 37.1 Å². The minimum absolute atomic E-state index is 0.121.